The largest absolute Gasteiger partial charge is 0.378 e. The Hall–Kier alpha value is -2.17. The molecule has 0 unspecified atom stereocenters. The molecule has 1 fully saturated rings. The van der Waals surface area contributed by atoms with Crippen LogP contribution in [0, 0.1) is 0 Å². The first-order valence-electron chi connectivity index (χ1n) is 7.79. The molecule has 0 spiro atoms. The van der Waals surface area contributed by atoms with Crippen molar-refractivity contribution in [3.8, 4) is 0 Å². The molecule has 23 heavy (non-hydrogen) atoms. The minimum absolute atomic E-state index is 0.710. The molecule has 4 heteroatoms. The van der Waals surface area contributed by atoms with Gasteiger partial charge in [-0.1, -0.05) is 60.7 Å². The topological polar surface area (TPSA) is 24.5 Å². The van der Waals surface area contributed by atoms with E-state index in [-0.39, 0.29) is 0 Å². The predicted molar refractivity (Wildman–Crippen MR) is 99.5 cm³/mol. The van der Waals surface area contributed by atoms with Crippen LogP contribution in [0.1, 0.15) is 5.56 Å². The summed E-state index contributed by atoms with van der Waals surface area (Å²) in [6.07, 6.45) is 2.04. The summed E-state index contributed by atoms with van der Waals surface area (Å²) in [4.78, 5) is 3.04. The Morgan fingerprint density at radius 2 is 1.57 bits per heavy atom. The molecule has 3 rings (SSSR count). The summed E-state index contributed by atoms with van der Waals surface area (Å²) in [5.41, 5.74) is 3.32. The molecular formula is C19H20N2OS. The van der Waals surface area contributed by atoms with Crippen LogP contribution >= 0.6 is 12.2 Å². The predicted octanol–water partition coefficient (Wildman–Crippen LogP) is 3.80. The number of anilines is 1. The fourth-order valence-corrected chi connectivity index (χ4v) is 2.82. The molecule has 2 aromatic rings. The quantitative estimate of drug-likeness (QED) is 0.683. The van der Waals surface area contributed by atoms with Gasteiger partial charge < -0.3 is 15.0 Å². The molecule has 1 N–H and O–H groups in total. The second-order valence-corrected chi connectivity index (χ2v) is 5.79. The van der Waals surface area contributed by atoms with Crippen LogP contribution in [-0.2, 0) is 4.74 Å². The number of nitrogens with one attached hydrogen (secondary N) is 1. The lowest BCUT2D eigenvalue weighted by Gasteiger charge is -2.31. The van der Waals surface area contributed by atoms with E-state index >= 15 is 0 Å². The van der Waals surface area contributed by atoms with Crippen LogP contribution in [0.2, 0.25) is 0 Å². The SMILES string of the molecule is S=C(/C=C(/c1ccccc1)N1CCOCC1)Nc1ccccc1. The smallest absolute Gasteiger partial charge is 0.105 e. The van der Waals surface area contributed by atoms with Gasteiger partial charge in [-0.05, 0) is 23.8 Å². The van der Waals surface area contributed by atoms with Crippen LogP contribution in [0.3, 0.4) is 0 Å². The Bertz CT molecular complexity index is 664. The number of benzene rings is 2. The van der Waals surface area contributed by atoms with Crippen LogP contribution in [0.4, 0.5) is 5.69 Å². The zero-order chi connectivity index (χ0) is 15.9. The van der Waals surface area contributed by atoms with Gasteiger partial charge in [-0.3, -0.25) is 0 Å². The number of hydrogen-bond acceptors (Lipinski definition) is 3. The monoisotopic (exact) mass is 324 g/mol. The number of rotatable bonds is 4. The molecular weight excluding hydrogens is 304 g/mol. The molecule has 2 aromatic carbocycles. The Morgan fingerprint density at radius 3 is 2.22 bits per heavy atom. The fraction of sp³-hybridized carbons (Fsp3) is 0.211. The van der Waals surface area contributed by atoms with Gasteiger partial charge in [0.2, 0.25) is 0 Å². The molecule has 3 nitrogen and oxygen atoms in total. The zero-order valence-corrected chi connectivity index (χ0v) is 13.8. The summed E-state index contributed by atoms with van der Waals surface area (Å²) in [6, 6.07) is 20.4. The lowest BCUT2D eigenvalue weighted by atomic mass is 10.1. The molecule has 1 aliphatic heterocycles. The Kier molecular flexibility index (Phi) is 5.40. The maximum atomic E-state index is 5.54. The highest BCUT2D eigenvalue weighted by atomic mass is 32.1. The van der Waals surface area contributed by atoms with Gasteiger partial charge in [-0.2, -0.15) is 0 Å². The molecule has 0 radical (unpaired) electrons. The highest BCUT2D eigenvalue weighted by Crippen LogP contribution is 2.21. The number of thiocarbonyl (C=S) groups is 1. The third-order valence-corrected chi connectivity index (χ3v) is 3.95. The number of nitrogens with zero attached hydrogens (tertiary/aromatic N) is 1. The van der Waals surface area contributed by atoms with Gasteiger partial charge in [0.1, 0.15) is 4.99 Å². The van der Waals surface area contributed by atoms with E-state index in [4.69, 9.17) is 17.0 Å². The van der Waals surface area contributed by atoms with Crippen molar-refractivity contribution in [2.24, 2.45) is 0 Å². The van der Waals surface area contributed by atoms with Crippen molar-refractivity contribution in [1.29, 1.82) is 0 Å². The van der Waals surface area contributed by atoms with E-state index in [9.17, 15) is 0 Å². The summed E-state index contributed by atoms with van der Waals surface area (Å²) in [6.45, 7) is 3.27. The number of morpholine rings is 1. The van der Waals surface area contributed by atoms with Crippen molar-refractivity contribution in [1.82, 2.24) is 4.90 Å². The third kappa shape index (κ3) is 4.41. The Balaban J connectivity index is 1.83. The summed E-state index contributed by atoms with van der Waals surface area (Å²) in [5, 5.41) is 3.28. The summed E-state index contributed by atoms with van der Waals surface area (Å²) in [7, 11) is 0. The third-order valence-electron chi connectivity index (χ3n) is 3.73. The fourth-order valence-electron chi connectivity index (χ4n) is 2.59. The van der Waals surface area contributed by atoms with Crippen LogP contribution in [0.5, 0.6) is 0 Å². The number of hydrogen-bond donors (Lipinski definition) is 1. The van der Waals surface area contributed by atoms with Crippen molar-refractivity contribution in [2.45, 2.75) is 0 Å². The summed E-state index contributed by atoms with van der Waals surface area (Å²) in [5.74, 6) is 0. The van der Waals surface area contributed by atoms with E-state index in [0.29, 0.717) is 4.99 Å². The summed E-state index contributed by atoms with van der Waals surface area (Å²) < 4.78 is 5.47. The molecule has 1 saturated heterocycles. The second kappa shape index (κ2) is 7.90. The van der Waals surface area contributed by atoms with Crippen molar-refractivity contribution in [3.05, 3.63) is 72.3 Å². The molecule has 0 amide bonds. The minimum atomic E-state index is 0.710. The number of para-hydroxylation sites is 1. The van der Waals surface area contributed by atoms with E-state index < -0.39 is 0 Å². The molecule has 0 saturated carbocycles. The van der Waals surface area contributed by atoms with E-state index in [2.05, 4.69) is 34.5 Å². The molecule has 1 aliphatic rings. The lowest BCUT2D eigenvalue weighted by molar-refractivity contribution is 0.0640. The van der Waals surface area contributed by atoms with Crippen molar-refractivity contribution in [3.63, 3.8) is 0 Å². The Morgan fingerprint density at radius 1 is 0.957 bits per heavy atom. The van der Waals surface area contributed by atoms with Crippen molar-refractivity contribution >= 4 is 28.6 Å². The average molecular weight is 324 g/mol. The molecule has 0 aliphatic carbocycles. The maximum Gasteiger partial charge on any atom is 0.105 e. The van der Waals surface area contributed by atoms with E-state index in [1.54, 1.807) is 0 Å². The first kappa shape index (κ1) is 15.7. The first-order valence-corrected chi connectivity index (χ1v) is 8.19. The first-order chi connectivity index (χ1) is 11.3. The normalized spacial score (nSPS) is 15.3. The second-order valence-electron chi connectivity index (χ2n) is 5.35. The molecule has 0 aromatic heterocycles. The van der Waals surface area contributed by atoms with Crippen molar-refractivity contribution in [2.75, 3.05) is 31.6 Å². The van der Waals surface area contributed by atoms with Gasteiger partial charge in [0.05, 0.1) is 13.2 Å². The standard InChI is InChI=1S/C19H20N2OS/c23-19(20-17-9-5-2-6-10-17)15-18(16-7-3-1-4-8-16)21-11-13-22-14-12-21/h1-10,15H,11-14H2,(H,20,23)/b18-15-. The highest BCUT2D eigenvalue weighted by molar-refractivity contribution is 7.81. The van der Waals surface area contributed by atoms with E-state index in [1.165, 1.54) is 5.56 Å². The van der Waals surface area contributed by atoms with Crippen LogP contribution in [-0.4, -0.2) is 36.2 Å². The van der Waals surface area contributed by atoms with Gasteiger partial charge in [0, 0.05) is 24.5 Å². The Labute approximate surface area is 142 Å². The van der Waals surface area contributed by atoms with Crippen LogP contribution < -0.4 is 5.32 Å². The van der Waals surface area contributed by atoms with Gasteiger partial charge in [-0.15, -0.1) is 0 Å². The molecule has 0 atom stereocenters. The average Bonchev–Trinajstić information content (AvgIpc) is 2.62. The van der Waals surface area contributed by atoms with Gasteiger partial charge in [0.15, 0.2) is 0 Å². The van der Waals surface area contributed by atoms with Gasteiger partial charge in [-0.25, -0.2) is 0 Å². The molecule has 118 valence electrons. The maximum absolute atomic E-state index is 5.54. The van der Waals surface area contributed by atoms with Gasteiger partial charge >= 0.3 is 0 Å². The van der Waals surface area contributed by atoms with E-state index in [0.717, 1.165) is 37.7 Å². The van der Waals surface area contributed by atoms with Crippen molar-refractivity contribution < 1.29 is 4.74 Å². The van der Waals surface area contributed by atoms with E-state index in [1.807, 2.05) is 42.5 Å². The number of ether oxygens (including phenoxy) is 1. The van der Waals surface area contributed by atoms with Crippen LogP contribution in [0.25, 0.3) is 5.70 Å². The zero-order valence-electron chi connectivity index (χ0n) is 12.9. The van der Waals surface area contributed by atoms with Crippen LogP contribution in [0.15, 0.2) is 66.7 Å². The summed E-state index contributed by atoms with van der Waals surface area (Å²) >= 11 is 5.54. The highest BCUT2D eigenvalue weighted by Gasteiger charge is 2.15. The minimum Gasteiger partial charge on any atom is -0.378 e. The molecule has 1 heterocycles. The molecule has 0 bridgehead atoms. The van der Waals surface area contributed by atoms with Gasteiger partial charge in [0.25, 0.3) is 0 Å². The lowest BCUT2D eigenvalue weighted by Crippen LogP contribution is -2.35.